The minimum Gasteiger partial charge on any atom is -0.860 e. The molecule has 1 aromatic rings. The van der Waals surface area contributed by atoms with Crippen LogP contribution in [0.25, 0.3) is 0 Å². The summed E-state index contributed by atoms with van der Waals surface area (Å²) in [5.41, 5.74) is -0.227. The molecule has 0 unspecified atom stereocenters. The monoisotopic (exact) mass is 251 g/mol. The highest BCUT2D eigenvalue weighted by Gasteiger charge is 2.16. The summed E-state index contributed by atoms with van der Waals surface area (Å²) in [7, 11) is -2.40. The van der Waals surface area contributed by atoms with Gasteiger partial charge < -0.3 is 19.4 Å². The van der Waals surface area contributed by atoms with Crippen LogP contribution in [0.4, 0.5) is 10.5 Å². The first-order chi connectivity index (χ1) is 8.26. The Balaban J connectivity index is 2.65. The van der Waals surface area contributed by atoms with E-state index in [2.05, 4.69) is 9.97 Å². The summed E-state index contributed by atoms with van der Waals surface area (Å²) in [6.07, 6.45) is -0.625. The van der Waals surface area contributed by atoms with Crippen molar-refractivity contribution in [1.29, 1.82) is 0 Å². The number of hydrogen-bond donors (Lipinski definition) is 1. The SMILES string of the molecule is CC(C)(C)OC(=O)Nc1cccc(OB([O-])[O-])c1. The van der Waals surface area contributed by atoms with E-state index in [1.165, 1.54) is 12.1 Å². The predicted molar refractivity (Wildman–Crippen MR) is 62.7 cm³/mol. The second-order valence-corrected chi connectivity index (χ2v) is 4.56. The number of nitrogens with one attached hydrogen (secondary N) is 1. The zero-order valence-corrected chi connectivity index (χ0v) is 10.4. The fourth-order valence-corrected chi connectivity index (χ4v) is 1.18. The summed E-state index contributed by atoms with van der Waals surface area (Å²) in [5.74, 6) is 0.0959. The molecular weight excluding hydrogens is 237 g/mol. The van der Waals surface area contributed by atoms with E-state index in [0.29, 0.717) is 5.69 Å². The second kappa shape index (κ2) is 5.75. The van der Waals surface area contributed by atoms with Gasteiger partial charge in [-0.05, 0) is 32.9 Å². The van der Waals surface area contributed by atoms with Crippen molar-refractivity contribution >= 4 is 19.1 Å². The fourth-order valence-electron chi connectivity index (χ4n) is 1.18. The molecule has 98 valence electrons. The zero-order valence-electron chi connectivity index (χ0n) is 10.4. The summed E-state index contributed by atoms with van der Waals surface area (Å²) in [4.78, 5) is 11.5. The first-order valence-corrected chi connectivity index (χ1v) is 5.34. The van der Waals surface area contributed by atoms with Gasteiger partial charge in [-0.25, -0.2) is 4.79 Å². The van der Waals surface area contributed by atoms with Crippen molar-refractivity contribution in [3.8, 4) is 5.75 Å². The molecule has 0 heterocycles. The van der Waals surface area contributed by atoms with Gasteiger partial charge >= 0.3 is 6.09 Å². The van der Waals surface area contributed by atoms with Crippen LogP contribution in [0.5, 0.6) is 5.75 Å². The van der Waals surface area contributed by atoms with Crippen molar-refractivity contribution < 1.29 is 24.2 Å². The van der Waals surface area contributed by atoms with Gasteiger partial charge in [-0.15, -0.1) is 0 Å². The lowest BCUT2D eigenvalue weighted by atomic mass is 10.2. The maximum atomic E-state index is 11.5. The Morgan fingerprint density at radius 2 is 2.00 bits per heavy atom. The molecule has 0 fully saturated rings. The Morgan fingerprint density at radius 3 is 2.56 bits per heavy atom. The summed E-state index contributed by atoms with van der Waals surface area (Å²) >= 11 is 0. The van der Waals surface area contributed by atoms with Gasteiger partial charge in [0.1, 0.15) is 12.9 Å². The number of anilines is 1. The van der Waals surface area contributed by atoms with Crippen LogP contribution in [0.15, 0.2) is 24.3 Å². The van der Waals surface area contributed by atoms with E-state index in [1.807, 2.05) is 0 Å². The first kappa shape index (κ1) is 14.3. The maximum absolute atomic E-state index is 11.5. The second-order valence-electron chi connectivity index (χ2n) is 4.56. The molecule has 0 aliphatic rings. The van der Waals surface area contributed by atoms with Crippen molar-refractivity contribution in [2.45, 2.75) is 26.4 Å². The van der Waals surface area contributed by atoms with Gasteiger partial charge in [-0.1, -0.05) is 6.07 Å². The number of carbonyl (C=O) groups is 1. The minimum atomic E-state index is -2.40. The normalized spacial score (nSPS) is 10.7. The van der Waals surface area contributed by atoms with E-state index in [1.54, 1.807) is 32.9 Å². The summed E-state index contributed by atoms with van der Waals surface area (Å²) < 4.78 is 9.48. The molecular formula is C11H14BNO5-2. The molecule has 1 amide bonds. The van der Waals surface area contributed by atoms with Crippen molar-refractivity contribution in [2.75, 3.05) is 5.32 Å². The average molecular weight is 251 g/mol. The highest BCUT2D eigenvalue weighted by atomic mass is 16.6. The number of carbonyl (C=O) groups excluding carboxylic acids is 1. The number of hydrogen-bond acceptors (Lipinski definition) is 5. The van der Waals surface area contributed by atoms with Crippen LogP contribution >= 0.6 is 0 Å². The molecule has 0 spiro atoms. The van der Waals surface area contributed by atoms with Gasteiger partial charge in [0.05, 0.1) is 5.75 Å². The van der Waals surface area contributed by atoms with Crippen molar-refractivity contribution in [1.82, 2.24) is 0 Å². The highest BCUT2D eigenvalue weighted by Crippen LogP contribution is 2.18. The smallest absolute Gasteiger partial charge is 0.412 e. The third kappa shape index (κ3) is 5.56. The predicted octanol–water partition coefficient (Wildman–Crippen LogP) is 0.118. The van der Waals surface area contributed by atoms with E-state index < -0.39 is 19.0 Å². The topological polar surface area (TPSA) is 93.7 Å². The van der Waals surface area contributed by atoms with Gasteiger partial charge in [0.25, 0.3) is 0 Å². The Hall–Kier alpha value is -1.73. The molecule has 0 aliphatic heterocycles. The number of ether oxygens (including phenoxy) is 1. The Morgan fingerprint density at radius 1 is 1.33 bits per heavy atom. The lowest BCUT2D eigenvalue weighted by Gasteiger charge is -2.26. The van der Waals surface area contributed by atoms with E-state index in [0.717, 1.165) is 0 Å². The van der Waals surface area contributed by atoms with E-state index in [9.17, 15) is 14.8 Å². The Kier molecular flexibility index (Phi) is 4.58. The molecule has 0 saturated heterocycles. The van der Waals surface area contributed by atoms with Crippen molar-refractivity contribution in [2.24, 2.45) is 0 Å². The van der Waals surface area contributed by atoms with Gasteiger partial charge in [0.15, 0.2) is 0 Å². The maximum Gasteiger partial charge on any atom is 0.412 e. The van der Waals surface area contributed by atoms with Crippen LogP contribution in [0, 0.1) is 0 Å². The summed E-state index contributed by atoms with van der Waals surface area (Å²) in [5, 5.41) is 23.1. The summed E-state index contributed by atoms with van der Waals surface area (Å²) in [6.45, 7) is 5.22. The van der Waals surface area contributed by atoms with Crippen LogP contribution < -0.4 is 20.0 Å². The molecule has 1 rings (SSSR count). The van der Waals surface area contributed by atoms with Crippen LogP contribution in [0.2, 0.25) is 0 Å². The largest absolute Gasteiger partial charge is 0.860 e. The molecule has 18 heavy (non-hydrogen) atoms. The van der Waals surface area contributed by atoms with Crippen molar-refractivity contribution in [3.05, 3.63) is 24.3 Å². The Labute approximate surface area is 106 Å². The first-order valence-electron chi connectivity index (χ1n) is 5.34. The third-order valence-electron chi connectivity index (χ3n) is 1.71. The molecule has 0 aliphatic carbocycles. The van der Waals surface area contributed by atoms with Gasteiger partial charge in [0.2, 0.25) is 0 Å². The van der Waals surface area contributed by atoms with Crippen molar-refractivity contribution in [3.63, 3.8) is 0 Å². The molecule has 1 aromatic carbocycles. The summed E-state index contributed by atoms with van der Waals surface area (Å²) in [6, 6.07) is 5.95. The lowest BCUT2D eigenvalue weighted by molar-refractivity contribution is -0.372. The van der Waals surface area contributed by atoms with Crippen LogP contribution in [0.1, 0.15) is 20.8 Å². The van der Waals surface area contributed by atoms with E-state index in [-0.39, 0.29) is 5.75 Å². The molecule has 6 nitrogen and oxygen atoms in total. The highest BCUT2D eigenvalue weighted by molar-refractivity contribution is 6.29. The number of amides is 1. The van der Waals surface area contributed by atoms with Gasteiger partial charge in [-0.3, -0.25) is 5.32 Å². The molecule has 0 atom stereocenters. The molecule has 0 aromatic heterocycles. The van der Waals surface area contributed by atoms with Crippen LogP contribution in [-0.2, 0) is 4.74 Å². The molecule has 0 saturated carbocycles. The third-order valence-corrected chi connectivity index (χ3v) is 1.71. The number of benzene rings is 1. The van der Waals surface area contributed by atoms with Crippen LogP contribution in [-0.4, -0.2) is 19.0 Å². The molecule has 0 bridgehead atoms. The van der Waals surface area contributed by atoms with Gasteiger partial charge in [-0.2, -0.15) is 0 Å². The molecule has 0 radical (unpaired) electrons. The minimum absolute atomic E-state index is 0.0959. The Bertz CT molecular complexity index is 416. The zero-order chi connectivity index (χ0) is 13.8. The number of rotatable bonds is 3. The van der Waals surface area contributed by atoms with Crippen LogP contribution in [0.3, 0.4) is 0 Å². The van der Waals surface area contributed by atoms with Gasteiger partial charge in [0, 0.05) is 11.8 Å². The van der Waals surface area contributed by atoms with E-state index in [4.69, 9.17) is 4.74 Å². The standard InChI is InChI=1S/C11H14BNO5/c1-11(2,3)17-10(14)13-8-5-4-6-9(7-8)18-12(15)16/h4-7H,1-3H3,(H,13,14)/q-2. The molecule has 7 heteroatoms. The lowest BCUT2D eigenvalue weighted by Crippen LogP contribution is -2.50. The van der Waals surface area contributed by atoms with E-state index >= 15 is 0 Å². The molecule has 1 N–H and O–H groups in total. The fraction of sp³-hybridized carbons (Fsp3) is 0.364. The quantitative estimate of drug-likeness (QED) is 0.770. The average Bonchev–Trinajstić information content (AvgIpc) is 2.13.